The van der Waals surface area contributed by atoms with Crippen LogP contribution in [0, 0.1) is 0 Å². The maximum atomic E-state index is 11.9. The number of carbonyl (C=O) groups is 1. The number of hydrogen-bond donors (Lipinski definition) is 0. The van der Waals surface area contributed by atoms with Crippen LogP contribution in [0.4, 0.5) is 0 Å². The monoisotopic (exact) mass is 523 g/mol. The summed E-state index contributed by atoms with van der Waals surface area (Å²) in [6.45, 7) is 5.68. The van der Waals surface area contributed by atoms with Crippen molar-refractivity contribution in [3.8, 4) is 0 Å². The van der Waals surface area contributed by atoms with Crippen molar-refractivity contribution >= 4 is 5.97 Å². The van der Waals surface area contributed by atoms with Gasteiger partial charge in [0.05, 0.1) is 27.3 Å². The highest BCUT2D eigenvalue weighted by Gasteiger charge is 2.15. The number of rotatable bonds is 23. The zero-order valence-corrected chi connectivity index (χ0v) is 24.3. The first-order valence-electron chi connectivity index (χ1n) is 14.3. The van der Waals surface area contributed by atoms with Crippen molar-refractivity contribution in [2.75, 3.05) is 40.5 Å². The summed E-state index contributed by atoms with van der Waals surface area (Å²) >= 11 is 0. The van der Waals surface area contributed by atoms with Crippen molar-refractivity contribution in [2.45, 2.75) is 103 Å². The van der Waals surface area contributed by atoms with E-state index in [1.54, 1.807) is 0 Å². The van der Waals surface area contributed by atoms with E-state index in [-0.39, 0.29) is 18.4 Å². The van der Waals surface area contributed by atoms with Gasteiger partial charge in [-0.3, -0.25) is 4.79 Å². The van der Waals surface area contributed by atoms with Crippen molar-refractivity contribution in [3.63, 3.8) is 0 Å². The Morgan fingerprint density at radius 2 is 1.36 bits per heavy atom. The van der Waals surface area contributed by atoms with Crippen LogP contribution in [0.2, 0.25) is 0 Å². The third-order valence-electron chi connectivity index (χ3n) is 6.43. The summed E-state index contributed by atoms with van der Waals surface area (Å²) in [6.07, 6.45) is 21.7. The second-order valence-corrected chi connectivity index (χ2v) is 10.5. The lowest BCUT2D eigenvalue weighted by atomic mass is 10.1. The Bertz CT molecular complexity index is 648. The summed E-state index contributed by atoms with van der Waals surface area (Å²) in [4.78, 5) is 11.9. The number of unbranched alkanes of at least 4 members (excludes halogenated alkanes) is 11. The minimum Gasteiger partial charge on any atom is -1.00 e. The molecule has 0 fully saturated rings. The molecule has 0 saturated heterocycles. The van der Waals surface area contributed by atoms with Crippen LogP contribution in [-0.4, -0.2) is 50.9 Å². The summed E-state index contributed by atoms with van der Waals surface area (Å²) in [5.74, 6) is -0.0913. The highest BCUT2D eigenvalue weighted by atomic mass is 35.5. The number of allylic oxidation sites excluding steroid dienone is 2. The topological polar surface area (TPSA) is 35.5 Å². The summed E-state index contributed by atoms with van der Waals surface area (Å²) in [7, 11) is 4.43. The van der Waals surface area contributed by atoms with Crippen LogP contribution >= 0.6 is 0 Å². The fourth-order valence-corrected chi connectivity index (χ4v) is 4.20. The van der Waals surface area contributed by atoms with E-state index in [0.29, 0.717) is 26.2 Å². The zero-order valence-electron chi connectivity index (χ0n) is 23.5. The van der Waals surface area contributed by atoms with Crippen molar-refractivity contribution in [1.82, 2.24) is 0 Å². The standard InChI is InChI=1S/C31H54NO3.ClH/c1-4-5-6-7-8-9-10-11-12-13-14-15-16-17-21-24-31(33)35-28-27-34-26-25-32(2,3)29-30-22-19-18-20-23-30;/h11-12,18-20,22-23H,4-10,13-17,21,24-29H2,1-3H3;1H/q+1;/p-1. The molecule has 0 aliphatic rings. The molecule has 0 N–H and O–H groups in total. The van der Waals surface area contributed by atoms with Crippen LogP contribution in [-0.2, 0) is 20.8 Å². The van der Waals surface area contributed by atoms with Crippen LogP contribution in [0.15, 0.2) is 42.5 Å². The van der Waals surface area contributed by atoms with Gasteiger partial charge in [0.15, 0.2) is 0 Å². The summed E-state index contributed by atoms with van der Waals surface area (Å²) < 4.78 is 11.9. The van der Waals surface area contributed by atoms with Gasteiger partial charge in [-0.05, 0) is 32.1 Å². The van der Waals surface area contributed by atoms with E-state index < -0.39 is 0 Å². The van der Waals surface area contributed by atoms with E-state index in [2.05, 4.69) is 57.4 Å². The zero-order chi connectivity index (χ0) is 25.5. The van der Waals surface area contributed by atoms with E-state index in [0.717, 1.165) is 30.4 Å². The number of esters is 1. The van der Waals surface area contributed by atoms with Crippen molar-refractivity contribution in [2.24, 2.45) is 0 Å². The fraction of sp³-hybridized carbons (Fsp3) is 0.710. The minimum absolute atomic E-state index is 0. The van der Waals surface area contributed by atoms with E-state index in [9.17, 15) is 4.79 Å². The van der Waals surface area contributed by atoms with Crippen LogP contribution in [0.25, 0.3) is 0 Å². The van der Waals surface area contributed by atoms with Gasteiger partial charge in [-0.15, -0.1) is 0 Å². The number of hydrogen-bond acceptors (Lipinski definition) is 3. The maximum Gasteiger partial charge on any atom is 0.305 e. The molecule has 0 saturated carbocycles. The van der Waals surface area contributed by atoms with Crippen LogP contribution in [0.1, 0.15) is 102 Å². The van der Waals surface area contributed by atoms with Gasteiger partial charge in [0, 0.05) is 12.0 Å². The quantitative estimate of drug-likeness (QED) is 0.0888. The molecule has 1 rings (SSSR count). The Hall–Kier alpha value is -1.36. The van der Waals surface area contributed by atoms with Crippen LogP contribution in [0.5, 0.6) is 0 Å². The van der Waals surface area contributed by atoms with Crippen molar-refractivity contribution in [1.29, 1.82) is 0 Å². The Balaban J connectivity index is 0.0000122. The molecule has 0 bridgehead atoms. The first-order chi connectivity index (χ1) is 17.0. The first-order valence-corrected chi connectivity index (χ1v) is 14.3. The molecule has 0 amide bonds. The largest absolute Gasteiger partial charge is 1.00 e. The molecule has 4 nitrogen and oxygen atoms in total. The molecule has 0 aromatic heterocycles. The Kier molecular flexibility index (Phi) is 23.1. The Morgan fingerprint density at radius 3 is 2.00 bits per heavy atom. The number of quaternary nitrogens is 1. The molecule has 0 spiro atoms. The van der Waals surface area contributed by atoms with Gasteiger partial charge in [0.25, 0.3) is 0 Å². The number of likely N-dealkylation sites (N-methyl/N-ethyl adjacent to an activating group) is 1. The van der Waals surface area contributed by atoms with Crippen molar-refractivity contribution in [3.05, 3.63) is 48.0 Å². The van der Waals surface area contributed by atoms with Gasteiger partial charge in [0.1, 0.15) is 19.7 Å². The number of carbonyl (C=O) groups excluding carboxylic acids is 1. The molecular formula is C31H54ClNO3. The molecule has 36 heavy (non-hydrogen) atoms. The molecule has 0 unspecified atom stereocenters. The van der Waals surface area contributed by atoms with E-state index >= 15 is 0 Å². The van der Waals surface area contributed by atoms with E-state index in [1.165, 1.54) is 76.2 Å². The van der Waals surface area contributed by atoms with Gasteiger partial charge in [-0.1, -0.05) is 101 Å². The number of halogens is 1. The molecule has 0 radical (unpaired) electrons. The molecular weight excluding hydrogens is 470 g/mol. The van der Waals surface area contributed by atoms with Gasteiger partial charge in [-0.25, -0.2) is 0 Å². The summed E-state index contributed by atoms with van der Waals surface area (Å²) in [5, 5.41) is 0. The lowest BCUT2D eigenvalue weighted by Crippen LogP contribution is -3.00. The molecule has 5 heteroatoms. The van der Waals surface area contributed by atoms with E-state index in [1.807, 2.05) is 6.07 Å². The van der Waals surface area contributed by atoms with E-state index in [4.69, 9.17) is 9.47 Å². The molecule has 0 aliphatic carbocycles. The summed E-state index contributed by atoms with van der Waals surface area (Å²) in [5.41, 5.74) is 1.34. The average molecular weight is 524 g/mol. The molecule has 1 aromatic carbocycles. The summed E-state index contributed by atoms with van der Waals surface area (Å²) in [6, 6.07) is 10.5. The SMILES string of the molecule is CCCCCCCCC=CCCCCCCCC(=O)OCCOCC[N+](C)(C)Cc1ccccc1.[Cl-]. The van der Waals surface area contributed by atoms with Gasteiger partial charge in [-0.2, -0.15) is 0 Å². The highest BCUT2D eigenvalue weighted by molar-refractivity contribution is 5.69. The normalized spacial score (nSPS) is 11.5. The van der Waals surface area contributed by atoms with Crippen molar-refractivity contribution < 1.29 is 31.2 Å². The molecule has 0 heterocycles. The Morgan fingerprint density at radius 1 is 0.778 bits per heavy atom. The molecule has 0 aliphatic heterocycles. The van der Waals surface area contributed by atoms with Gasteiger partial charge >= 0.3 is 5.97 Å². The molecule has 0 atom stereocenters. The van der Waals surface area contributed by atoms with Gasteiger partial charge < -0.3 is 26.4 Å². The third kappa shape index (κ3) is 21.9. The lowest BCUT2D eigenvalue weighted by molar-refractivity contribution is -0.904. The van der Waals surface area contributed by atoms with Gasteiger partial charge in [0.2, 0.25) is 0 Å². The molecule has 208 valence electrons. The predicted octanol–water partition coefficient (Wildman–Crippen LogP) is 4.86. The second-order valence-electron chi connectivity index (χ2n) is 10.5. The number of ether oxygens (including phenoxy) is 2. The first kappa shape index (κ1) is 34.6. The average Bonchev–Trinajstić information content (AvgIpc) is 2.84. The highest BCUT2D eigenvalue weighted by Crippen LogP contribution is 2.11. The lowest BCUT2D eigenvalue weighted by Gasteiger charge is -2.29. The maximum absolute atomic E-state index is 11.9. The fourth-order valence-electron chi connectivity index (χ4n) is 4.20. The smallest absolute Gasteiger partial charge is 0.305 e. The number of nitrogens with zero attached hydrogens (tertiary/aromatic N) is 1. The number of benzene rings is 1. The predicted molar refractivity (Wildman–Crippen MR) is 148 cm³/mol. The second kappa shape index (κ2) is 24.0. The third-order valence-corrected chi connectivity index (χ3v) is 6.43. The van der Waals surface area contributed by atoms with Crippen LogP contribution < -0.4 is 12.4 Å². The molecule has 1 aromatic rings. The van der Waals surface area contributed by atoms with Crippen LogP contribution in [0.3, 0.4) is 0 Å². The minimum atomic E-state index is -0.0913. The Labute approximate surface area is 228 Å².